The Balaban J connectivity index is 1.65. The summed E-state index contributed by atoms with van der Waals surface area (Å²) in [5.74, 6) is 1.03. The zero-order valence-corrected chi connectivity index (χ0v) is 15.0. The van der Waals surface area contributed by atoms with Gasteiger partial charge in [0, 0.05) is 18.8 Å². The summed E-state index contributed by atoms with van der Waals surface area (Å²) in [6.45, 7) is 3.12. The molecule has 0 bridgehead atoms. The minimum Gasteiger partial charge on any atom is -0.357 e. The third-order valence-corrected chi connectivity index (χ3v) is 5.75. The van der Waals surface area contributed by atoms with Crippen molar-refractivity contribution in [2.45, 2.75) is 25.9 Å². The molecule has 1 aromatic carbocycles. The maximum Gasteiger partial charge on any atom is 0.191 e. The molecular formula is C17H23N5O2S. The molecule has 1 aliphatic heterocycles. The van der Waals surface area contributed by atoms with Crippen molar-refractivity contribution in [3.63, 3.8) is 0 Å². The van der Waals surface area contributed by atoms with Gasteiger partial charge in [0.1, 0.15) is 0 Å². The molecule has 1 unspecified atom stereocenters. The van der Waals surface area contributed by atoms with Gasteiger partial charge in [-0.15, -0.1) is 0 Å². The predicted molar refractivity (Wildman–Crippen MR) is 98.6 cm³/mol. The number of rotatable bonds is 5. The summed E-state index contributed by atoms with van der Waals surface area (Å²) in [7, 11) is -2.91. The lowest BCUT2D eigenvalue weighted by atomic mass is 10.3. The average molecular weight is 361 g/mol. The van der Waals surface area contributed by atoms with E-state index >= 15 is 0 Å². The van der Waals surface area contributed by atoms with Crippen LogP contribution in [0.4, 0.5) is 0 Å². The molecule has 1 aromatic heterocycles. The number of sulfone groups is 1. The number of hydrogen-bond acceptors (Lipinski definition) is 4. The van der Waals surface area contributed by atoms with Crippen LogP contribution in [-0.2, 0) is 16.4 Å². The summed E-state index contributed by atoms with van der Waals surface area (Å²) in [5, 5.41) is 10.9. The molecule has 1 atom stereocenters. The Bertz CT molecular complexity index is 830. The lowest BCUT2D eigenvalue weighted by Crippen LogP contribution is -2.44. The number of nitrogens with zero attached hydrogens (tertiary/aromatic N) is 3. The first-order valence-corrected chi connectivity index (χ1v) is 10.2. The SMILES string of the molecule is CCNC(=NCc1ccn(-c2ccccc2)n1)NC1CCS(=O)(=O)C1. The van der Waals surface area contributed by atoms with Crippen LogP contribution in [0.25, 0.3) is 5.69 Å². The van der Waals surface area contributed by atoms with Crippen molar-refractivity contribution in [3.8, 4) is 5.69 Å². The van der Waals surface area contributed by atoms with Gasteiger partial charge >= 0.3 is 0 Å². The molecule has 0 saturated carbocycles. The lowest BCUT2D eigenvalue weighted by molar-refractivity contribution is 0.599. The van der Waals surface area contributed by atoms with E-state index in [1.165, 1.54) is 0 Å². The van der Waals surface area contributed by atoms with Crippen molar-refractivity contribution in [1.29, 1.82) is 0 Å². The van der Waals surface area contributed by atoms with E-state index < -0.39 is 9.84 Å². The number of aromatic nitrogens is 2. The predicted octanol–water partition coefficient (Wildman–Crippen LogP) is 1.11. The van der Waals surface area contributed by atoms with E-state index in [2.05, 4.69) is 20.7 Å². The molecule has 134 valence electrons. The van der Waals surface area contributed by atoms with E-state index in [-0.39, 0.29) is 17.5 Å². The Kier molecular flexibility index (Phi) is 5.37. The van der Waals surface area contributed by atoms with E-state index in [4.69, 9.17) is 0 Å². The smallest absolute Gasteiger partial charge is 0.191 e. The lowest BCUT2D eigenvalue weighted by Gasteiger charge is -2.15. The van der Waals surface area contributed by atoms with E-state index in [9.17, 15) is 8.42 Å². The normalized spacial score (nSPS) is 19.7. The largest absolute Gasteiger partial charge is 0.357 e. The van der Waals surface area contributed by atoms with Gasteiger partial charge in [0.25, 0.3) is 0 Å². The molecule has 1 saturated heterocycles. The van der Waals surface area contributed by atoms with Gasteiger partial charge in [-0.1, -0.05) is 18.2 Å². The molecule has 1 aliphatic rings. The highest BCUT2D eigenvalue weighted by Gasteiger charge is 2.28. The molecule has 7 nitrogen and oxygen atoms in total. The summed E-state index contributed by atoms with van der Waals surface area (Å²) in [6, 6.07) is 11.7. The second kappa shape index (κ2) is 7.69. The van der Waals surface area contributed by atoms with Crippen molar-refractivity contribution < 1.29 is 8.42 Å². The molecule has 0 amide bonds. The Morgan fingerprint density at radius 3 is 2.80 bits per heavy atom. The second-order valence-corrected chi connectivity index (χ2v) is 8.26. The zero-order valence-electron chi connectivity index (χ0n) is 14.2. The van der Waals surface area contributed by atoms with Gasteiger partial charge in [-0.25, -0.2) is 18.1 Å². The number of benzene rings is 1. The molecule has 3 rings (SSSR count). The minimum absolute atomic E-state index is 0.0790. The maximum absolute atomic E-state index is 11.6. The third kappa shape index (κ3) is 4.82. The monoisotopic (exact) mass is 361 g/mol. The van der Waals surface area contributed by atoms with E-state index in [0.717, 1.165) is 11.4 Å². The number of guanidine groups is 1. The Morgan fingerprint density at radius 2 is 2.12 bits per heavy atom. The summed E-state index contributed by atoms with van der Waals surface area (Å²) in [5.41, 5.74) is 1.85. The number of hydrogen-bond donors (Lipinski definition) is 2. The Hall–Kier alpha value is -2.35. The molecule has 0 aliphatic carbocycles. The molecule has 0 spiro atoms. The molecule has 2 aromatic rings. The average Bonchev–Trinajstić information content (AvgIpc) is 3.20. The van der Waals surface area contributed by atoms with Crippen LogP contribution in [0.2, 0.25) is 0 Å². The van der Waals surface area contributed by atoms with Gasteiger partial charge in [0.15, 0.2) is 15.8 Å². The molecule has 25 heavy (non-hydrogen) atoms. The van der Waals surface area contributed by atoms with Crippen LogP contribution >= 0.6 is 0 Å². The van der Waals surface area contributed by atoms with E-state index in [1.54, 1.807) is 0 Å². The van der Waals surface area contributed by atoms with Crippen molar-refractivity contribution in [2.75, 3.05) is 18.1 Å². The minimum atomic E-state index is -2.91. The number of para-hydroxylation sites is 1. The highest BCUT2D eigenvalue weighted by atomic mass is 32.2. The molecule has 2 heterocycles. The quantitative estimate of drug-likeness (QED) is 0.615. The number of nitrogens with one attached hydrogen (secondary N) is 2. The topological polar surface area (TPSA) is 88.4 Å². The van der Waals surface area contributed by atoms with Crippen molar-refractivity contribution in [3.05, 3.63) is 48.3 Å². The fraction of sp³-hybridized carbons (Fsp3) is 0.412. The highest BCUT2D eigenvalue weighted by Crippen LogP contribution is 2.11. The van der Waals surface area contributed by atoms with Crippen molar-refractivity contribution in [1.82, 2.24) is 20.4 Å². The Labute approximate surface area is 148 Å². The first kappa shape index (κ1) is 17.5. The molecule has 8 heteroatoms. The van der Waals surface area contributed by atoms with Gasteiger partial charge in [-0.2, -0.15) is 5.10 Å². The maximum atomic E-state index is 11.6. The van der Waals surface area contributed by atoms with Gasteiger partial charge in [-0.05, 0) is 31.5 Å². The van der Waals surface area contributed by atoms with Crippen LogP contribution in [0.3, 0.4) is 0 Å². The zero-order chi connectivity index (χ0) is 17.7. The van der Waals surface area contributed by atoms with Crippen molar-refractivity contribution >= 4 is 15.8 Å². The molecule has 1 fully saturated rings. The van der Waals surface area contributed by atoms with Crippen LogP contribution < -0.4 is 10.6 Å². The second-order valence-electron chi connectivity index (χ2n) is 6.03. The molecule has 0 radical (unpaired) electrons. The van der Waals surface area contributed by atoms with E-state index in [0.29, 0.717) is 25.5 Å². The summed E-state index contributed by atoms with van der Waals surface area (Å²) in [6.07, 6.45) is 2.53. The van der Waals surface area contributed by atoms with Gasteiger partial charge < -0.3 is 10.6 Å². The Morgan fingerprint density at radius 1 is 1.32 bits per heavy atom. The van der Waals surface area contributed by atoms with Gasteiger partial charge in [0.05, 0.1) is 29.4 Å². The van der Waals surface area contributed by atoms with Crippen LogP contribution in [-0.4, -0.2) is 48.3 Å². The first-order valence-electron chi connectivity index (χ1n) is 8.41. The standard InChI is InChI=1S/C17H23N5O2S/c1-2-18-17(20-15-9-11-25(23,24)13-15)19-12-14-8-10-22(21-14)16-6-4-3-5-7-16/h3-8,10,15H,2,9,11-13H2,1H3,(H2,18,19,20). The van der Waals surface area contributed by atoms with Crippen LogP contribution in [0, 0.1) is 0 Å². The third-order valence-electron chi connectivity index (χ3n) is 3.98. The first-order chi connectivity index (χ1) is 12.1. The van der Waals surface area contributed by atoms with Crippen LogP contribution in [0.1, 0.15) is 19.0 Å². The summed E-state index contributed by atoms with van der Waals surface area (Å²) in [4.78, 5) is 4.53. The highest BCUT2D eigenvalue weighted by molar-refractivity contribution is 7.91. The van der Waals surface area contributed by atoms with Gasteiger partial charge in [-0.3, -0.25) is 0 Å². The molecule has 2 N–H and O–H groups in total. The van der Waals surface area contributed by atoms with Crippen molar-refractivity contribution in [2.24, 2.45) is 4.99 Å². The van der Waals surface area contributed by atoms with Crippen LogP contribution in [0.15, 0.2) is 47.6 Å². The summed E-state index contributed by atoms with van der Waals surface area (Å²) >= 11 is 0. The number of aliphatic imine (C=N–C) groups is 1. The van der Waals surface area contributed by atoms with Crippen LogP contribution in [0.5, 0.6) is 0 Å². The molecular weight excluding hydrogens is 338 g/mol. The fourth-order valence-corrected chi connectivity index (χ4v) is 4.43. The summed E-state index contributed by atoms with van der Waals surface area (Å²) < 4.78 is 25.0. The van der Waals surface area contributed by atoms with Gasteiger partial charge in [0.2, 0.25) is 0 Å². The van der Waals surface area contributed by atoms with E-state index in [1.807, 2.05) is 54.2 Å². The fourth-order valence-electron chi connectivity index (χ4n) is 2.75.